The zero-order valence-corrected chi connectivity index (χ0v) is 8.02. The lowest BCUT2D eigenvalue weighted by atomic mass is 9.84. The van der Waals surface area contributed by atoms with E-state index in [9.17, 15) is 0 Å². The Morgan fingerprint density at radius 3 is 3.00 bits per heavy atom. The van der Waals surface area contributed by atoms with Gasteiger partial charge in [-0.3, -0.25) is 0 Å². The molecular formula is C11H14N2O. The number of aromatic nitrogens is 1. The van der Waals surface area contributed by atoms with Crippen molar-refractivity contribution in [3.63, 3.8) is 0 Å². The molecule has 0 aromatic carbocycles. The van der Waals surface area contributed by atoms with E-state index in [4.69, 9.17) is 10.5 Å². The molecule has 1 aromatic heterocycles. The van der Waals surface area contributed by atoms with Crippen LogP contribution in [0, 0.1) is 0 Å². The van der Waals surface area contributed by atoms with Crippen LogP contribution in [-0.4, -0.2) is 17.2 Å². The van der Waals surface area contributed by atoms with E-state index in [2.05, 4.69) is 11.1 Å². The topological polar surface area (TPSA) is 48.1 Å². The Bertz CT molecular complexity index is 353. The molecule has 2 saturated heterocycles. The van der Waals surface area contributed by atoms with Gasteiger partial charge in [0, 0.05) is 12.1 Å². The molecule has 2 N–H and O–H groups in total. The Labute approximate surface area is 83.3 Å². The Hall–Kier alpha value is -1.09. The number of hydrogen-bond donors (Lipinski definition) is 1. The number of nitrogens with zero attached hydrogens (tertiary/aromatic N) is 1. The first-order chi connectivity index (χ1) is 6.83. The summed E-state index contributed by atoms with van der Waals surface area (Å²) in [6, 6.07) is 4.04. The second-order valence-electron chi connectivity index (χ2n) is 4.23. The van der Waals surface area contributed by atoms with Crippen molar-refractivity contribution in [2.24, 2.45) is 0 Å². The number of fused-ring (bicyclic) bond motifs is 2. The Morgan fingerprint density at radius 2 is 2.36 bits per heavy atom. The van der Waals surface area contributed by atoms with Crippen molar-refractivity contribution in [1.29, 1.82) is 0 Å². The molecule has 3 heterocycles. The summed E-state index contributed by atoms with van der Waals surface area (Å²) in [4.78, 5) is 4.01. The molecule has 2 aliphatic rings. The molecule has 1 aromatic rings. The maximum absolute atomic E-state index is 5.82. The first-order valence-electron chi connectivity index (χ1n) is 5.20. The average molecular weight is 190 g/mol. The minimum Gasteiger partial charge on any atom is -0.384 e. The van der Waals surface area contributed by atoms with E-state index < -0.39 is 0 Å². The molecule has 3 unspecified atom stereocenters. The second-order valence-corrected chi connectivity index (χ2v) is 4.23. The van der Waals surface area contributed by atoms with Crippen LogP contribution in [0.2, 0.25) is 0 Å². The quantitative estimate of drug-likeness (QED) is 0.733. The molecule has 2 aliphatic heterocycles. The highest BCUT2D eigenvalue weighted by Gasteiger charge is 2.41. The summed E-state index contributed by atoms with van der Waals surface area (Å²) in [6.45, 7) is 0. The highest BCUT2D eigenvalue weighted by Crippen LogP contribution is 2.44. The summed E-state index contributed by atoms with van der Waals surface area (Å²) in [5, 5.41) is 0. The Morgan fingerprint density at radius 1 is 1.43 bits per heavy atom. The summed E-state index contributed by atoms with van der Waals surface area (Å²) < 4.78 is 5.82. The van der Waals surface area contributed by atoms with Crippen molar-refractivity contribution in [3.8, 4) is 0 Å². The molecule has 3 nitrogen and oxygen atoms in total. The summed E-state index contributed by atoms with van der Waals surface area (Å²) >= 11 is 0. The second kappa shape index (κ2) is 2.95. The monoisotopic (exact) mass is 190 g/mol. The SMILES string of the molecule is Nc1cc(C2CC3CCC2O3)ccn1. The molecule has 14 heavy (non-hydrogen) atoms. The van der Waals surface area contributed by atoms with Gasteiger partial charge >= 0.3 is 0 Å². The fourth-order valence-electron chi connectivity index (χ4n) is 2.68. The van der Waals surface area contributed by atoms with E-state index in [1.807, 2.05) is 6.07 Å². The van der Waals surface area contributed by atoms with Crippen LogP contribution in [0.5, 0.6) is 0 Å². The number of anilines is 1. The fourth-order valence-corrected chi connectivity index (χ4v) is 2.68. The third-order valence-electron chi connectivity index (χ3n) is 3.34. The molecular weight excluding hydrogens is 176 g/mol. The minimum atomic E-state index is 0.432. The van der Waals surface area contributed by atoms with Crippen molar-refractivity contribution in [2.75, 3.05) is 5.73 Å². The lowest BCUT2D eigenvalue weighted by Gasteiger charge is -2.18. The van der Waals surface area contributed by atoms with Gasteiger partial charge in [-0.1, -0.05) is 0 Å². The van der Waals surface area contributed by atoms with Gasteiger partial charge in [-0.25, -0.2) is 4.98 Å². The Kier molecular flexibility index (Phi) is 1.74. The summed E-state index contributed by atoms with van der Waals surface area (Å²) in [5.74, 6) is 1.17. The normalized spacial score (nSPS) is 35.0. The van der Waals surface area contributed by atoms with Gasteiger partial charge in [0.05, 0.1) is 12.2 Å². The van der Waals surface area contributed by atoms with Gasteiger partial charge in [0.25, 0.3) is 0 Å². The zero-order chi connectivity index (χ0) is 9.54. The molecule has 3 rings (SSSR count). The smallest absolute Gasteiger partial charge is 0.123 e. The first-order valence-corrected chi connectivity index (χ1v) is 5.20. The summed E-state index contributed by atoms with van der Waals surface area (Å²) in [6.07, 6.45) is 6.32. The molecule has 3 heteroatoms. The van der Waals surface area contributed by atoms with Crippen molar-refractivity contribution in [2.45, 2.75) is 37.4 Å². The van der Waals surface area contributed by atoms with E-state index in [0.717, 1.165) is 6.42 Å². The first kappa shape index (κ1) is 8.24. The van der Waals surface area contributed by atoms with Gasteiger partial charge in [-0.2, -0.15) is 0 Å². The number of nitrogens with two attached hydrogens (primary N) is 1. The van der Waals surface area contributed by atoms with Gasteiger partial charge in [-0.05, 0) is 37.0 Å². The van der Waals surface area contributed by atoms with E-state index in [0.29, 0.717) is 23.9 Å². The predicted octanol–water partition coefficient (Wildman–Crippen LogP) is 1.70. The molecule has 74 valence electrons. The highest BCUT2D eigenvalue weighted by atomic mass is 16.5. The highest BCUT2D eigenvalue weighted by molar-refractivity contribution is 5.35. The molecule has 0 spiro atoms. The van der Waals surface area contributed by atoms with Crippen LogP contribution in [0.25, 0.3) is 0 Å². The lowest BCUT2D eigenvalue weighted by molar-refractivity contribution is 0.101. The molecule has 2 bridgehead atoms. The van der Waals surface area contributed by atoms with E-state index >= 15 is 0 Å². The van der Waals surface area contributed by atoms with Crippen LogP contribution in [-0.2, 0) is 4.74 Å². The van der Waals surface area contributed by atoms with E-state index in [-0.39, 0.29) is 0 Å². The van der Waals surface area contributed by atoms with Crippen molar-refractivity contribution < 1.29 is 4.74 Å². The van der Waals surface area contributed by atoms with Crippen LogP contribution in [0.4, 0.5) is 5.82 Å². The Balaban J connectivity index is 1.89. The largest absolute Gasteiger partial charge is 0.384 e. The van der Waals surface area contributed by atoms with Gasteiger partial charge in [0.1, 0.15) is 5.82 Å². The minimum absolute atomic E-state index is 0.432. The average Bonchev–Trinajstić information content (AvgIpc) is 2.78. The van der Waals surface area contributed by atoms with Crippen LogP contribution in [0.15, 0.2) is 18.3 Å². The number of hydrogen-bond acceptors (Lipinski definition) is 3. The van der Waals surface area contributed by atoms with Crippen molar-refractivity contribution in [3.05, 3.63) is 23.9 Å². The van der Waals surface area contributed by atoms with Crippen LogP contribution in [0.3, 0.4) is 0 Å². The van der Waals surface area contributed by atoms with Crippen LogP contribution < -0.4 is 5.73 Å². The zero-order valence-electron chi connectivity index (χ0n) is 8.02. The van der Waals surface area contributed by atoms with Gasteiger partial charge in [-0.15, -0.1) is 0 Å². The standard InChI is InChI=1S/C11H14N2O/c12-11-5-7(3-4-13-11)9-6-8-1-2-10(9)14-8/h3-5,8-10H,1-2,6H2,(H2,12,13). The van der Waals surface area contributed by atoms with Crippen molar-refractivity contribution in [1.82, 2.24) is 4.98 Å². The molecule has 0 saturated carbocycles. The molecule has 0 aliphatic carbocycles. The number of rotatable bonds is 1. The number of nitrogen functional groups attached to an aromatic ring is 1. The maximum atomic E-state index is 5.82. The van der Waals surface area contributed by atoms with Gasteiger partial charge in [0.2, 0.25) is 0 Å². The van der Waals surface area contributed by atoms with Gasteiger partial charge < -0.3 is 10.5 Å². The molecule has 2 fully saturated rings. The third-order valence-corrected chi connectivity index (χ3v) is 3.34. The van der Waals surface area contributed by atoms with Gasteiger partial charge in [0.15, 0.2) is 0 Å². The summed E-state index contributed by atoms with van der Waals surface area (Å²) in [5.41, 5.74) is 6.97. The van der Waals surface area contributed by atoms with Crippen LogP contribution >= 0.6 is 0 Å². The number of pyridine rings is 1. The molecule has 0 radical (unpaired) electrons. The third kappa shape index (κ3) is 1.20. The fraction of sp³-hybridized carbons (Fsp3) is 0.545. The maximum Gasteiger partial charge on any atom is 0.123 e. The van der Waals surface area contributed by atoms with E-state index in [1.165, 1.54) is 18.4 Å². The van der Waals surface area contributed by atoms with E-state index in [1.54, 1.807) is 6.20 Å². The number of ether oxygens (including phenoxy) is 1. The molecule has 0 amide bonds. The van der Waals surface area contributed by atoms with Crippen LogP contribution in [0.1, 0.15) is 30.7 Å². The summed E-state index contributed by atoms with van der Waals surface area (Å²) in [7, 11) is 0. The van der Waals surface area contributed by atoms with Crippen molar-refractivity contribution >= 4 is 5.82 Å². The molecule has 3 atom stereocenters. The lowest BCUT2D eigenvalue weighted by Crippen LogP contribution is -2.14. The predicted molar refractivity (Wildman–Crippen MR) is 53.9 cm³/mol.